The molecule has 1 atom stereocenters. The summed E-state index contributed by atoms with van der Waals surface area (Å²) in [5, 5.41) is 3.50. The summed E-state index contributed by atoms with van der Waals surface area (Å²) in [6.07, 6.45) is 5.17. The highest BCUT2D eigenvalue weighted by Crippen LogP contribution is 2.09. The van der Waals surface area contributed by atoms with E-state index in [0.29, 0.717) is 12.6 Å². The number of nitrogens with one attached hydrogen (secondary N) is 1. The van der Waals surface area contributed by atoms with E-state index in [1.165, 1.54) is 25.8 Å². The van der Waals surface area contributed by atoms with E-state index in [4.69, 9.17) is 4.74 Å². The smallest absolute Gasteiger partial charge is 0.0671 e. The number of rotatable bonds is 5. The third-order valence-corrected chi connectivity index (χ3v) is 2.37. The fourth-order valence-electron chi connectivity index (χ4n) is 1.64. The van der Waals surface area contributed by atoms with Crippen LogP contribution in [0.5, 0.6) is 0 Å². The molecule has 0 aromatic rings. The van der Waals surface area contributed by atoms with Gasteiger partial charge in [0.2, 0.25) is 0 Å². The summed E-state index contributed by atoms with van der Waals surface area (Å²) in [7, 11) is 0. The van der Waals surface area contributed by atoms with Crippen LogP contribution in [-0.2, 0) is 4.74 Å². The van der Waals surface area contributed by atoms with Crippen molar-refractivity contribution in [1.29, 1.82) is 0 Å². The lowest BCUT2D eigenvalue weighted by molar-refractivity contribution is 0.140. The molecule has 0 saturated carbocycles. The van der Waals surface area contributed by atoms with Crippen molar-refractivity contribution in [3.05, 3.63) is 12.2 Å². The molecule has 2 heteroatoms. The minimum Gasteiger partial charge on any atom is -0.377 e. The molecular weight excluding hydrogens is 162 g/mol. The van der Waals surface area contributed by atoms with E-state index in [1.54, 1.807) is 0 Å². The van der Waals surface area contributed by atoms with Gasteiger partial charge in [-0.1, -0.05) is 18.6 Å². The lowest BCUT2D eigenvalue weighted by atomic mass is 10.0. The van der Waals surface area contributed by atoms with Gasteiger partial charge in [0, 0.05) is 12.6 Å². The molecule has 0 aliphatic carbocycles. The van der Waals surface area contributed by atoms with E-state index in [1.807, 2.05) is 6.92 Å². The van der Waals surface area contributed by atoms with Gasteiger partial charge in [0.05, 0.1) is 6.61 Å². The molecule has 1 saturated heterocycles. The molecule has 0 aromatic heterocycles. The average molecular weight is 183 g/mol. The van der Waals surface area contributed by atoms with Crippen molar-refractivity contribution in [3.63, 3.8) is 0 Å². The fourth-order valence-corrected chi connectivity index (χ4v) is 1.64. The molecule has 0 amide bonds. The van der Waals surface area contributed by atoms with E-state index < -0.39 is 0 Å². The van der Waals surface area contributed by atoms with Crippen LogP contribution in [0.15, 0.2) is 12.2 Å². The number of ether oxygens (including phenoxy) is 1. The number of hydrogen-bond acceptors (Lipinski definition) is 2. The van der Waals surface area contributed by atoms with E-state index >= 15 is 0 Å². The molecular formula is C11H21NO. The highest BCUT2D eigenvalue weighted by molar-refractivity contribution is 4.87. The predicted octanol–water partition coefficient (Wildman–Crippen LogP) is 2.11. The van der Waals surface area contributed by atoms with Crippen LogP contribution in [0.1, 0.15) is 32.6 Å². The molecule has 1 unspecified atom stereocenters. The maximum Gasteiger partial charge on any atom is 0.0671 e. The minimum absolute atomic E-state index is 0.693. The maximum atomic E-state index is 5.46. The summed E-state index contributed by atoms with van der Waals surface area (Å²) in [4.78, 5) is 0. The predicted molar refractivity (Wildman–Crippen MR) is 55.9 cm³/mol. The molecule has 0 aromatic carbocycles. The first-order valence-electron chi connectivity index (χ1n) is 5.24. The second-order valence-electron chi connectivity index (χ2n) is 3.95. The molecule has 13 heavy (non-hydrogen) atoms. The van der Waals surface area contributed by atoms with Crippen LogP contribution in [-0.4, -0.2) is 25.8 Å². The van der Waals surface area contributed by atoms with Crippen molar-refractivity contribution >= 4 is 0 Å². The minimum atomic E-state index is 0.693. The lowest BCUT2D eigenvalue weighted by Crippen LogP contribution is -2.34. The van der Waals surface area contributed by atoms with Crippen LogP contribution < -0.4 is 5.32 Å². The third kappa shape index (κ3) is 5.06. The van der Waals surface area contributed by atoms with Crippen molar-refractivity contribution in [3.8, 4) is 0 Å². The van der Waals surface area contributed by atoms with Gasteiger partial charge in [0.15, 0.2) is 0 Å². The summed E-state index contributed by atoms with van der Waals surface area (Å²) in [6, 6.07) is 0.693. The quantitative estimate of drug-likeness (QED) is 0.520. The average Bonchev–Trinajstić information content (AvgIpc) is 2.14. The van der Waals surface area contributed by atoms with Gasteiger partial charge in [-0.25, -0.2) is 0 Å². The Morgan fingerprint density at radius 3 is 3.00 bits per heavy atom. The largest absolute Gasteiger partial charge is 0.377 e. The fraction of sp³-hybridized carbons (Fsp3) is 0.818. The Balaban J connectivity index is 1.95. The summed E-state index contributed by atoms with van der Waals surface area (Å²) < 4.78 is 5.46. The van der Waals surface area contributed by atoms with E-state index in [2.05, 4.69) is 11.9 Å². The molecule has 1 aliphatic rings. The molecule has 76 valence electrons. The van der Waals surface area contributed by atoms with Crippen LogP contribution in [0.25, 0.3) is 0 Å². The second kappa shape index (κ2) is 6.17. The topological polar surface area (TPSA) is 21.3 Å². The van der Waals surface area contributed by atoms with Gasteiger partial charge < -0.3 is 10.1 Å². The molecule has 1 aliphatic heterocycles. The summed E-state index contributed by atoms with van der Waals surface area (Å²) in [5.74, 6) is 0. The van der Waals surface area contributed by atoms with Crippen LogP contribution >= 0.6 is 0 Å². The normalized spacial score (nSPS) is 23.0. The van der Waals surface area contributed by atoms with Gasteiger partial charge in [-0.3, -0.25) is 0 Å². The zero-order valence-electron chi connectivity index (χ0n) is 8.64. The first kappa shape index (κ1) is 10.7. The first-order valence-corrected chi connectivity index (χ1v) is 5.24. The molecule has 1 fully saturated rings. The van der Waals surface area contributed by atoms with Crippen molar-refractivity contribution in [2.45, 2.75) is 38.6 Å². The van der Waals surface area contributed by atoms with Crippen molar-refractivity contribution in [1.82, 2.24) is 5.32 Å². The van der Waals surface area contributed by atoms with Gasteiger partial charge >= 0.3 is 0 Å². The Hall–Kier alpha value is -0.340. The van der Waals surface area contributed by atoms with Gasteiger partial charge in [0.25, 0.3) is 0 Å². The van der Waals surface area contributed by atoms with Crippen LogP contribution in [0.2, 0.25) is 0 Å². The first-order chi connectivity index (χ1) is 6.29. The maximum absolute atomic E-state index is 5.46. The van der Waals surface area contributed by atoms with Crippen molar-refractivity contribution in [2.75, 3.05) is 19.8 Å². The monoisotopic (exact) mass is 183 g/mol. The molecule has 1 N–H and O–H groups in total. The molecule has 0 radical (unpaired) electrons. The number of piperidine rings is 1. The Kier molecular flexibility index (Phi) is 5.09. The summed E-state index contributed by atoms with van der Waals surface area (Å²) in [5.41, 5.74) is 1.11. The van der Waals surface area contributed by atoms with Gasteiger partial charge in [-0.2, -0.15) is 0 Å². The summed E-state index contributed by atoms with van der Waals surface area (Å²) >= 11 is 0. The van der Waals surface area contributed by atoms with Crippen LogP contribution in [0, 0.1) is 0 Å². The zero-order chi connectivity index (χ0) is 9.52. The molecule has 1 rings (SSSR count). The van der Waals surface area contributed by atoms with Crippen molar-refractivity contribution in [2.24, 2.45) is 0 Å². The lowest BCUT2D eigenvalue weighted by Gasteiger charge is -2.23. The Bertz CT molecular complexity index is 150. The van der Waals surface area contributed by atoms with Crippen LogP contribution in [0.4, 0.5) is 0 Å². The Labute approximate surface area is 81.4 Å². The second-order valence-corrected chi connectivity index (χ2v) is 3.95. The van der Waals surface area contributed by atoms with E-state index in [0.717, 1.165) is 18.6 Å². The molecule has 1 heterocycles. The third-order valence-electron chi connectivity index (χ3n) is 2.37. The summed E-state index contributed by atoms with van der Waals surface area (Å²) in [6.45, 7) is 8.56. The zero-order valence-corrected chi connectivity index (χ0v) is 8.64. The highest BCUT2D eigenvalue weighted by Gasteiger charge is 2.11. The van der Waals surface area contributed by atoms with Crippen molar-refractivity contribution < 1.29 is 4.74 Å². The molecule has 0 spiro atoms. The number of hydrogen-bond donors (Lipinski definition) is 1. The Morgan fingerprint density at radius 2 is 2.38 bits per heavy atom. The standard InChI is InChI=1S/C11H21NO/c1-10(2)9-13-8-6-11-5-3-4-7-12-11/h11-12H,1,3-9H2,2H3. The van der Waals surface area contributed by atoms with Gasteiger partial charge in [-0.05, 0) is 32.7 Å². The highest BCUT2D eigenvalue weighted by atomic mass is 16.5. The molecule has 0 bridgehead atoms. The Morgan fingerprint density at radius 1 is 1.54 bits per heavy atom. The van der Waals surface area contributed by atoms with Crippen LogP contribution in [0.3, 0.4) is 0 Å². The SMILES string of the molecule is C=C(C)COCCC1CCCCN1. The molecule has 2 nitrogen and oxygen atoms in total. The van der Waals surface area contributed by atoms with Gasteiger partial charge in [-0.15, -0.1) is 0 Å². The van der Waals surface area contributed by atoms with Gasteiger partial charge in [0.1, 0.15) is 0 Å². The van der Waals surface area contributed by atoms with E-state index in [9.17, 15) is 0 Å². The van der Waals surface area contributed by atoms with E-state index in [-0.39, 0.29) is 0 Å².